The number of carbonyl (C=O) groups excluding carboxylic acids is 1. The third-order valence-electron chi connectivity index (χ3n) is 2.72. The molecule has 0 fully saturated rings. The van der Waals surface area contributed by atoms with Gasteiger partial charge >= 0.3 is 0 Å². The highest BCUT2D eigenvalue weighted by Gasteiger charge is 2.09. The maximum Gasteiger partial charge on any atom is 0.264 e. The molecule has 0 atom stereocenters. The van der Waals surface area contributed by atoms with Gasteiger partial charge in [0.25, 0.3) is 5.91 Å². The van der Waals surface area contributed by atoms with Gasteiger partial charge in [-0.25, -0.2) is 0 Å². The third kappa shape index (κ3) is 3.77. The number of amides is 1. The van der Waals surface area contributed by atoms with E-state index < -0.39 is 0 Å². The highest BCUT2D eigenvalue weighted by atomic mass is 32.1. The summed E-state index contributed by atoms with van der Waals surface area (Å²) in [6, 6.07) is 5.90. The lowest BCUT2D eigenvalue weighted by atomic mass is 10.1. The minimum atomic E-state index is -0.232. The number of ether oxygens (including phenoxy) is 1. The summed E-state index contributed by atoms with van der Waals surface area (Å²) in [6.45, 7) is 5.89. The van der Waals surface area contributed by atoms with Gasteiger partial charge in [0.1, 0.15) is 10.8 Å². The number of nitrogens with zero attached hydrogens (tertiary/aromatic N) is 2. The van der Waals surface area contributed by atoms with Crippen LogP contribution in [0.5, 0.6) is 5.75 Å². The second-order valence-corrected chi connectivity index (χ2v) is 5.52. The standard InChI is InChI=1S/C14H17N3O2S/c1-4-13-16-17-14(20-13)15-12(18)8-19-11-7-9(2)5-6-10(11)3/h5-7H,4,8H2,1-3H3,(H,15,17,18). The van der Waals surface area contributed by atoms with Crippen molar-refractivity contribution >= 4 is 22.4 Å². The fraction of sp³-hybridized carbons (Fsp3) is 0.357. The first-order valence-corrected chi connectivity index (χ1v) is 7.22. The van der Waals surface area contributed by atoms with Crippen LogP contribution in [0.4, 0.5) is 5.13 Å². The minimum Gasteiger partial charge on any atom is -0.483 e. The van der Waals surface area contributed by atoms with Crippen LogP contribution >= 0.6 is 11.3 Å². The van der Waals surface area contributed by atoms with Gasteiger partial charge in [-0.3, -0.25) is 10.1 Å². The highest BCUT2D eigenvalue weighted by Crippen LogP contribution is 2.19. The molecule has 0 unspecified atom stereocenters. The van der Waals surface area contributed by atoms with Gasteiger partial charge in [-0.2, -0.15) is 0 Å². The van der Waals surface area contributed by atoms with Crippen molar-refractivity contribution in [3.8, 4) is 5.75 Å². The maximum absolute atomic E-state index is 11.8. The summed E-state index contributed by atoms with van der Waals surface area (Å²) in [6.07, 6.45) is 0.812. The van der Waals surface area contributed by atoms with E-state index in [0.29, 0.717) is 5.13 Å². The summed E-state index contributed by atoms with van der Waals surface area (Å²) in [4.78, 5) is 11.8. The number of anilines is 1. The van der Waals surface area contributed by atoms with Gasteiger partial charge < -0.3 is 4.74 Å². The first kappa shape index (κ1) is 14.5. The summed E-state index contributed by atoms with van der Waals surface area (Å²) in [7, 11) is 0. The molecule has 2 rings (SSSR count). The second-order valence-electron chi connectivity index (χ2n) is 4.46. The molecule has 20 heavy (non-hydrogen) atoms. The normalized spacial score (nSPS) is 10.3. The molecule has 6 heteroatoms. The van der Waals surface area contributed by atoms with E-state index in [1.807, 2.05) is 39.0 Å². The zero-order chi connectivity index (χ0) is 14.5. The molecule has 1 aromatic heterocycles. The SMILES string of the molecule is CCc1nnc(NC(=O)COc2cc(C)ccc2C)s1. The molecule has 106 valence electrons. The average Bonchev–Trinajstić information content (AvgIpc) is 2.87. The van der Waals surface area contributed by atoms with Crippen LogP contribution in [-0.4, -0.2) is 22.7 Å². The van der Waals surface area contributed by atoms with Crippen LogP contribution < -0.4 is 10.1 Å². The predicted octanol–water partition coefficient (Wildman–Crippen LogP) is 2.73. The van der Waals surface area contributed by atoms with Crippen molar-refractivity contribution in [1.82, 2.24) is 10.2 Å². The van der Waals surface area contributed by atoms with E-state index in [-0.39, 0.29) is 12.5 Å². The number of hydrogen-bond acceptors (Lipinski definition) is 5. The number of carbonyl (C=O) groups is 1. The number of aromatic nitrogens is 2. The van der Waals surface area contributed by atoms with Crippen LogP contribution in [0.3, 0.4) is 0 Å². The molecular weight excluding hydrogens is 274 g/mol. The molecule has 1 aromatic carbocycles. The molecule has 0 aliphatic rings. The maximum atomic E-state index is 11.8. The van der Waals surface area contributed by atoms with Crippen molar-refractivity contribution in [3.63, 3.8) is 0 Å². The molecular formula is C14H17N3O2S. The zero-order valence-corrected chi connectivity index (χ0v) is 12.6. The molecule has 0 saturated heterocycles. The summed E-state index contributed by atoms with van der Waals surface area (Å²) >= 11 is 1.38. The van der Waals surface area contributed by atoms with E-state index >= 15 is 0 Å². The van der Waals surface area contributed by atoms with Crippen molar-refractivity contribution in [2.75, 3.05) is 11.9 Å². The van der Waals surface area contributed by atoms with Crippen molar-refractivity contribution in [2.45, 2.75) is 27.2 Å². The molecule has 0 bridgehead atoms. The summed E-state index contributed by atoms with van der Waals surface area (Å²) in [5.41, 5.74) is 2.11. The van der Waals surface area contributed by atoms with Crippen LogP contribution in [0.15, 0.2) is 18.2 Å². The molecule has 0 spiro atoms. The van der Waals surface area contributed by atoms with Crippen molar-refractivity contribution in [2.24, 2.45) is 0 Å². The van der Waals surface area contributed by atoms with Gasteiger partial charge in [-0.15, -0.1) is 10.2 Å². The average molecular weight is 291 g/mol. The van der Waals surface area contributed by atoms with E-state index in [2.05, 4.69) is 15.5 Å². The van der Waals surface area contributed by atoms with Gasteiger partial charge in [0, 0.05) is 0 Å². The van der Waals surface area contributed by atoms with Crippen molar-refractivity contribution in [3.05, 3.63) is 34.3 Å². The van der Waals surface area contributed by atoms with E-state index in [4.69, 9.17) is 4.74 Å². The monoisotopic (exact) mass is 291 g/mol. The Bertz CT molecular complexity index is 610. The van der Waals surface area contributed by atoms with Crippen molar-refractivity contribution < 1.29 is 9.53 Å². The van der Waals surface area contributed by atoms with Crippen LogP contribution in [0, 0.1) is 13.8 Å². The number of nitrogens with one attached hydrogen (secondary N) is 1. The predicted molar refractivity (Wildman–Crippen MR) is 79.3 cm³/mol. The largest absolute Gasteiger partial charge is 0.483 e. The second kappa shape index (κ2) is 6.47. The van der Waals surface area contributed by atoms with Gasteiger partial charge in [-0.1, -0.05) is 30.4 Å². The number of rotatable bonds is 5. The molecule has 1 N–H and O–H groups in total. The molecule has 5 nitrogen and oxygen atoms in total. The number of aryl methyl sites for hydroxylation is 3. The van der Waals surface area contributed by atoms with E-state index in [1.54, 1.807) is 0 Å². The molecule has 0 aliphatic heterocycles. The Morgan fingerprint density at radius 1 is 1.35 bits per heavy atom. The van der Waals surface area contributed by atoms with Crippen LogP contribution in [0.1, 0.15) is 23.1 Å². The Morgan fingerprint density at radius 2 is 2.15 bits per heavy atom. The molecule has 1 amide bonds. The lowest BCUT2D eigenvalue weighted by molar-refractivity contribution is -0.118. The van der Waals surface area contributed by atoms with E-state index in [9.17, 15) is 4.79 Å². The van der Waals surface area contributed by atoms with Gasteiger partial charge in [-0.05, 0) is 37.5 Å². The number of benzene rings is 1. The molecule has 2 aromatic rings. The van der Waals surface area contributed by atoms with E-state index in [1.165, 1.54) is 11.3 Å². The molecule has 0 radical (unpaired) electrons. The lowest BCUT2D eigenvalue weighted by Gasteiger charge is -2.09. The quantitative estimate of drug-likeness (QED) is 0.920. The number of hydrogen-bond donors (Lipinski definition) is 1. The molecule has 1 heterocycles. The van der Waals surface area contributed by atoms with Crippen LogP contribution in [0.25, 0.3) is 0 Å². The molecule has 0 saturated carbocycles. The summed E-state index contributed by atoms with van der Waals surface area (Å²) in [5, 5.41) is 11.9. The highest BCUT2D eigenvalue weighted by molar-refractivity contribution is 7.15. The Hall–Kier alpha value is -1.95. The lowest BCUT2D eigenvalue weighted by Crippen LogP contribution is -2.20. The first-order chi connectivity index (χ1) is 9.58. The summed E-state index contributed by atoms with van der Waals surface area (Å²) < 4.78 is 5.53. The Kier molecular flexibility index (Phi) is 4.68. The smallest absolute Gasteiger partial charge is 0.264 e. The molecule has 0 aliphatic carbocycles. The fourth-order valence-corrected chi connectivity index (χ4v) is 2.30. The zero-order valence-electron chi connectivity index (χ0n) is 11.8. The summed E-state index contributed by atoms with van der Waals surface area (Å²) in [5.74, 6) is 0.497. The Labute approximate surface area is 122 Å². The van der Waals surface area contributed by atoms with E-state index in [0.717, 1.165) is 28.3 Å². The van der Waals surface area contributed by atoms with Gasteiger partial charge in [0.05, 0.1) is 0 Å². The van der Waals surface area contributed by atoms with Crippen LogP contribution in [-0.2, 0) is 11.2 Å². The van der Waals surface area contributed by atoms with Crippen LogP contribution in [0.2, 0.25) is 0 Å². The fourth-order valence-electron chi connectivity index (χ4n) is 1.61. The van der Waals surface area contributed by atoms with Gasteiger partial charge in [0.2, 0.25) is 5.13 Å². The third-order valence-corrected chi connectivity index (χ3v) is 3.70. The first-order valence-electron chi connectivity index (χ1n) is 6.40. The van der Waals surface area contributed by atoms with Gasteiger partial charge in [0.15, 0.2) is 6.61 Å². The van der Waals surface area contributed by atoms with Crippen molar-refractivity contribution in [1.29, 1.82) is 0 Å². The minimum absolute atomic E-state index is 0.0364. The topological polar surface area (TPSA) is 64.1 Å². The Balaban J connectivity index is 1.90. The Morgan fingerprint density at radius 3 is 2.85 bits per heavy atom.